The number of Topliss-reactive ketones (excluding diaryl/α,β-unsaturated/α-hetero) is 1. The highest BCUT2D eigenvalue weighted by Gasteiger charge is 2.15. The molecule has 1 aromatic carbocycles. The molecule has 0 spiro atoms. The molecule has 0 aliphatic rings. The number of carbonyl (C=O) groups is 1. The van der Waals surface area contributed by atoms with E-state index in [4.69, 9.17) is 0 Å². The molecule has 1 aromatic heterocycles. The molecule has 0 amide bonds. The van der Waals surface area contributed by atoms with Crippen LogP contribution in [0.25, 0.3) is 5.69 Å². The van der Waals surface area contributed by atoms with Gasteiger partial charge < -0.3 is 0 Å². The average molecular weight is 214 g/mol. The zero-order chi connectivity index (χ0) is 11.5. The van der Waals surface area contributed by atoms with Crippen LogP contribution in [0.5, 0.6) is 0 Å². The molecule has 0 unspecified atom stereocenters. The Morgan fingerprint density at radius 1 is 1.25 bits per heavy atom. The van der Waals surface area contributed by atoms with Crippen molar-refractivity contribution in [3.8, 4) is 5.69 Å². The minimum absolute atomic E-state index is 0.00304. The summed E-state index contributed by atoms with van der Waals surface area (Å²) in [5.41, 5.74) is 1.56. The maximum atomic E-state index is 12.0. The Hall–Kier alpha value is -1.90. The van der Waals surface area contributed by atoms with Crippen molar-refractivity contribution in [1.29, 1.82) is 0 Å². The second-order valence-corrected chi connectivity index (χ2v) is 3.99. The number of para-hydroxylation sites is 1. The van der Waals surface area contributed by atoms with E-state index in [1.807, 2.05) is 50.4 Å². The Morgan fingerprint density at radius 3 is 2.62 bits per heavy atom. The molecule has 0 saturated heterocycles. The van der Waals surface area contributed by atoms with Gasteiger partial charge in [0.25, 0.3) is 0 Å². The van der Waals surface area contributed by atoms with Gasteiger partial charge in [0.1, 0.15) is 0 Å². The van der Waals surface area contributed by atoms with E-state index in [2.05, 4.69) is 5.10 Å². The molecule has 0 N–H and O–H groups in total. The number of rotatable bonds is 3. The van der Waals surface area contributed by atoms with Crippen molar-refractivity contribution < 1.29 is 4.79 Å². The Balaban J connectivity index is 2.51. The van der Waals surface area contributed by atoms with Crippen molar-refractivity contribution >= 4 is 5.78 Å². The zero-order valence-electron chi connectivity index (χ0n) is 9.42. The topological polar surface area (TPSA) is 34.9 Å². The molecule has 2 rings (SSSR count). The summed E-state index contributed by atoms with van der Waals surface area (Å²) in [7, 11) is 0. The van der Waals surface area contributed by atoms with E-state index in [-0.39, 0.29) is 11.7 Å². The molecule has 0 bridgehead atoms. The molecule has 0 fully saturated rings. The van der Waals surface area contributed by atoms with Crippen LogP contribution in [0.3, 0.4) is 0 Å². The molecule has 0 aliphatic carbocycles. The van der Waals surface area contributed by atoms with Crippen molar-refractivity contribution in [2.24, 2.45) is 5.92 Å². The number of aromatic nitrogens is 2. The van der Waals surface area contributed by atoms with E-state index in [9.17, 15) is 4.79 Å². The van der Waals surface area contributed by atoms with Crippen molar-refractivity contribution in [3.63, 3.8) is 0 Å². The van der Waals surface area contributed by atoms with Crippen LogP contribution in [0, 0.1) is 5.92 Å². The highest BCUT2D eigenvalue weighted by atomic mass is 16.1. The lowest BCUT2D eigenvalue weighted by molar-refractivity contribution is 0.0939. The van der Waals surface area contributed by atoms with Crippen LogP contribution < -0.4 is 0 Å². The first-order valence-corrected chi connectivity index (χ1v) is 5.33. The first kappa shape index (κ1) is 10.6. The number of hydrogen-bond acceptors (Lipinski definition) is 2. The Labute approximate surface area is 94.7 Å². The number of carbonyl (C=O) groups excluding carboxylic acids is 1. The van der Waals surface area contributed by atoms with E-state index in [0.717, 1.165) is 11.3 Å². The van der Waals surface area contributed by atoms with Crippen molar-refractivity contribution in [3.05, 3.63) is 48.3 Å². The minimum Gasteiger partial charge on any atom is -0.294 e. The van der Waals surface area contributed by atoms with E-state index in [1.54, 1.807) is 10.9 Å². The Kier molecular flexibility index (Phi) is 2.86. The molecule has 3 heteroatoms. The predicted octanol–water partition coefficient (Wildman–Crippen LogP) is 2.71. The van der Waals surface area contributed by atoms with Gasteiger partial charge in [-0.1, -0.05) is 26.0 Å². The van der Waals surface area contributed by atoms with Crippen LogP contribution in [0.2, 0.25) is 0 Å². The summed E-state index contributed by atoms with van der Waals surface area (Å²) in [6.07, 6.45) is 3.54. The standard InChI is InChI=1S/C13H14N2O/c1-10(2)13(16)11-6-3-4-7-12(11)15-9-5-8-14-15/h3-10H,1-2H3. The lowest BCUT2D eigenvalue weighted by atomic mass is 9.99. The van der Waals surface area contributed by atoms with Crippen molar-refractivity contribution in [2.75, 3.05) is 0 Å². The number of benzene rings is 1. The summed E-state index contributed by atoms with van der Waals surface area (Å²) in [4.78, 5) is 12.0. The van der Waals surface area contributed by atoms with Crippen LogP contribution in [0.15, 0.2) is 42.7 Å². The van der Waals surface area contributed by atoms with Gasteiger partial charge in [0.2, 0.25) is 0 Å². The summed E-state index contributed by atoms with van der Waals surface area (Å²) in [5, 5.41) is 4.15. The average Bonchev–Trinajstić information content (AvgIpc) is 2.81. The van der Waals surface area contributed by atoms with Gasteiger partial charge in [-0.2, -0.15) is 5.10 Å². The summed E-state index contributed by atoms with van der Waals surface area (Å²) < 4.78 is 1.72. The maximum absolute atomic E-state index is 12.0. The van der Waals surface area contributed by atoms with E-state index in [1.165, 1.54) is 0 Å². The smallest absolute Gasteiger partial charge is 0.167 e. The van der Waals surface area contributed by atoms with Crippen molar-refractivity contribution in [1.82, 2.24) is 9.78 Å². The lowest BCUT2D eigenvalue weighted by Crippen LogP contribution is -2.11. The fraction of sp³-hybridized carbons (Fsp3) is 0.231. The van der Waals surface area contributed by atoms with Gasteiger partial charge >= 0.3 is 0 Å². The van der Waals surface area contributed by atoms with E-state index >= 15 is 0 Å². The molecule has 1 heterocycles. The molecule has 3 nitrogen and oxygen atoms in total. The van der Waals surface area contributed by atoms with Crippen LogP contribution >= 0.6 is 0 Å². The monoisotopic (exact) mass is 214 g/mol. The molecule has 16 heavy (non-hydrogen) atoms. The van der Waals surface area contributed by atoms with Gasteiger partial charge in [0.05, 0.1) is 5.69 Å². The molecule has 82 valence electrons. The largest absolute Gasteiger partial charge is 0.294 e. The molecule has 0 atom stereocenters. The molecule has 0 saturated carbocycles. The molecular formula is C13H14N2O. The predicted molar refractivity (Wildman–Crippen MR) is 62.7 cm³/mol. The summed E-state index contributed by atoms with van der Waals surface area (Å²) in [5.74, 6) is 0.141. The highest BCUT2D eigenvalue weighted by Crippen LogP contribution is 2.17. The second kappa shape index (κ2) is 4.31. The molecule has 2 aromatic rings. The van der Waals surface area contributed by atoms with E-state index in [0.29, 0.717) is 0 Å². The summed E-state index contributed by atoms with van der Waals surface area (Å²) in [6, 6.07) is 9.38. The SMILES string of the molecule is CC(C)C(=O)c1ccccc1-n1cccn1. The molecular weight excluding hydrogens is 200 g/mol. The number of ketones is 1. The van der Waals surface area contributed by atoms with E-state index < -0.39 is 0 Å². The van der Waals surface area contributed by atoms with Crippen LogP contribution in [-0.4, -0.2) is 15.6 Å². The molecule has 0 aliphatic heterocycles. The quantitative estimate of drug-likeness (QED) is 0.736. The number of nitrogens with zero attached hydrogens (tertiary/aromatic N) is 2. The van der Waals surface area contributed by atoms with Crippen LogP contribution in [0.4, 0.5) is 0 Å². The van der Waals surface area contributed by atoms with Gasteiger partial charge in [0, 0.05) is 23.9 Å². The number of hydrogen-bond donors (Lipinski definition) is 0. The fourth-order valence-corrected chi connectivity index (χ4v) is 1.60. The Bertz CT molecular complexity index is 486. The van der Waals surface area contributed by atoms with Crippen LogP contribution in [0.1, 0.15) is 24.2 Å². The zero-order valence-corrected chi connectivity index (χ0v) is 9.42. The van der Waals surface area contributed by atoms with Crippen molar-refractivity contribution in [2.45, 2.75) is 13.8 Å². The van der Waals surface area contributed by atoms with Gasteiger partial charge in [-0.3, -0.25) is 4.79 Å². The highest BCUT2D eigenvalue weighted by molar-refractivity contribution is 6.00. The normalized spacial score (nSPS) is 10.7. The summed E-state index contributed by atoms with van der Waals surface area (Å²) >= 11 is 0. The van der Waals surface area contributed by atoms with Crippen LogP contribution in [-0.2, 0) is 0 Å². The third-order valence-corrected chi connectivity index (χ3v) is 2.45. The fourth-order valence-electron chi connectivity index (χ4n) is 1.60. The molecule has 0 radical (unpaired) electrons. The van der Waals surface area contributed by atoms with Gasteiger partial charge in [-0.05, 0) is 18.2 Å². The minimum atomic E-state index is -0.00304. The Morgan fingerprint density at radius 2 is 2.00 bits per heavy atom. The maximum Gasteiger partial charge on any atom is 0.167 e. The van der Waals surface area contributed by atoms with Gasteiger partial charge in [-0.15, -0.1) is 0 Å². The first-order chi connectivity index (χ1) is 7.70. The third kappa shape index (κ3) is 1.89. The first-order valence-electron chi connectivity index (χ1n) is 5.33. The van der Waals surface area contributed by atoms with Gasteiger partial charge in [-0.25, -0.2) is 4.68 Å². The lowest BCUT2D eigenvalue weighted by Gasteiger charge is -2.10. The second-order valence-electron chi connectivity index (χ2n) is 3.99. The summed E-state index contributed by atoms with van der Waals surface area (Å²) in [6.45, 7) is 3.81. The van der Waals surface area contributed by atoms with Gasteiger partial charge in [0.15, 0.2) is 5.78 Å². The third-order valence-electron chi connectivity index (χ3n) is 2.45.